The number of nitrogens with one attached hydrogen (secondary N) is 2. The molecule has 48 heavy (non-hydrogen) atoms. The van der Waals surface area contributed by atoms with Gasteiger partial charge in [0.05, 0.1) is 29.1 Å². The molecule has 9 rings (SSSR count). The van der Waals surface area contributed by atoms with Crippen LogP contribution in [-0.2, 0) is 0 Å². The minimum absolute atomic E-state index is 1.03. The molecule has 0 aliphatic rings. The van der Waals surface area contributed by atoms with E-state index in [-0.39, 0.29) is 0 Å². The van der Waals surface area contributed by atoms with Gasteiger partial charge in [-0.25, -0.2) is 29.9 Å². The SMILES string of the molecule is c1ccc(-c2ccncc2)cc1.c1ccc2[nH]cnc2c1.c1ccc2[nH]ncc2c1.c1cnccn1.c1cncnc1.c1ncncn1. The number of hydrogen-bond donors (Lipinski definition) is 2. The lowest BCUT2D eigenvalue weighted by atomic mass is 10.1. The number of rotatable bonds is 1. The Morgan fingerprint density at radius 3 is 1.48 bits per heavy atom. The molecule has 6 aromatic heterocycles. The number of H-pyrrole nitrogens is 2. The lowest BCUT2D eigenvalue weighted by molar-refractivity contribution is 1.05. The van der Waals surface area contributed by atoms with Crippen LogP contribution in [0.5, 0.6) is 0 Å². The second kappa shape index (κ2) is 21.6. The molecule has 12 heteroatoms. The summed E-state index contributed by atoms with van der Waals surface area (Å²) in [6, 6.07) is 32.0. The first-order valence-electron chi connectivity index (χ1n) is 14.6. The van der Waals surface area contributed by atoms with E-state index in [0.29, 0.717) is 0 Å². The molecule has 3 aromatic carbocycles. The fourth-order valence-corrected chi connectivity index (χ4v) is 3.65. The third-order valence-corrected chi connectivity index (χ3v) is 5.82. The fraction of sp³-hybridized carbons (Fsp3) is 0. The van der Waals surface area contributed by atoms with Crippen molar-refractivity contribution in [2.45, 2.75) is 0 Å². The summed E-state index contributed by atoms with van der Waals surface area (Å²) in [5, 5.41) is 7.91. The summed E-state index contributed by atoms with van der Waals surface area (Å²) in [6.45, 7) is 0. The van der Waals surface area contributed by atoms with Gasteiger partial charge >= 0.3 is 0 Å². The van der Waals surface area contributed by atoms with E-state index in [0.717, 1.165) is 21.9 Å². The van der Waals surface area contributed by atoms with E-state index in [1.807, 2.05) is 97.5 Å². The van der Waals surface area contributed by atoms with Crippen LogP contribution in [0, 0.1) is 0 Å². The lowest BCUT2D eigenvalue weighted by Gasteiger charge is -1.98. The first-order chi connectivity index (χ1) is 23.9. The van der Waals surface area contributed by atoms with Gasteiger partial charge in [-0.3, -0.25) is 20.1 Å². The third kappa shape index (κ3) is 13.3. The Balaban J connectivity index is 0.000000133. The molecular weight excluding hydrogens is 600 g/mol. The zero-order chi connectivity index (χ0) is 33.2. The number of imidazole rings is 1. The molecule has 0 atom stereocenters. The first-order valence-corrected chi connectivity index (χ1v) is 14.6. The number of nitrogens with zero attached hydrogens (tertiary/aromatic N) is 10. The summed E-state index contributed by atoms with van der Waals surface area (Å²) in [4.78, 5) is 36.5. The normalized spacial score (nSPS) is 9.25. The second-order valence-electron chi connectivity index (χ2n) is 9.07. The van der Waals surface area contributed by atoms with Crippen LogP contribution < -0.4 is 0 Å². The quantitative estimate of drug-likeness (QED) is 0.199. The molecule has 0 radical (unpaired) electrons. The molecule has 0 spiro atoms. The van der Waals surface area contributed by atoms with Gasteiger partial charge in [-0.15, -0.1) is 0 Å². The van der Waals surface area contributed by atoms with Crippen LogP contribution in [0.3, 0.4) is 0 Å². The molecule has 0 aliphatic heterocycles. The minimum Gasteiger partial charge on any atom is -0.345 e. The van der Waals surface area contributed by atoms with Crippen molar-refractivity contribution >= 4 is 21.9 Å². The Bertz CT molecular complexity index is 1710. The van der Waals surface area contributed by atoms with Crippen molar-refractivity contribution < 1.29 is 0 Å². The van der Waals surface area contributed by atoms with Gasteiger partial charge in [0.1, 0.15) is 25.3 Å². The highest BCUT2D eigenvalue weighted by atomic mass is 15.1. The van der Waals surface area contributed by atoms with Crippen molar-refractivity contribution in [3.8, 4) is 11.1 Å². The Kier molecular flexibility index (Phi) is 15.2. The molecule has 9 aromatic rings. The van der Waals surface area contributed by atoms with Crippen molar-refractivity contribution in [1.82, 2.24) is 60.0 Å². The van der Waals surface area contributed by atoms with Gasteiger partial charge in [-0.2, -0.15) is 5.10 Å². The number of fused-ring (bicyclic) bond motifs is 2. The number of hydrogen-bond acceptors (Lipinski definition) is 10. The number of aromatic nitrogens is 12. The topological polar surface area (TPSA) is 160 Å². The molecule has 0 unspecified atom stereocenters. The van der Waals surface area contributed by atoms with Crippen LogP contribution in [0.1, 0.15) is 0 Å². The highest BCUT2D eigenvalue weighted by Gasteiger charge is 1.92. The summed E-state index contributed by atoms with van der Waals surface area (Å²) >= 11 is 0. The summed E-state index contributed by atoms with van der Waals surface area (Å²) in [5.41, 5.74) is 5.66. The zero-order valence-electron chi connectivity index (χ0n) is 25.8. The highest BCUT2D eigenvalue weighted by Crippen LogP contribution is 2.16. The number of pyridine rings is 1. The molecule has 0 saturated heterocycles. The Hall–Kier alpha value is -7.08. The van der Waals surface area contributed by atoms with Crippen molar-refractivity contribution in [2.75, 3.05) is 0 Å². The third-order valence-electron chi connectivity index (χ3n) is 5.82. The molecule has 12 nitrogen and oxygen atoms in total. The van der Waals surface area contributed by atoms with E-state index in [1.165, 1.54) is 36.4 Å². The summed E-state index contributed by atoms with van der Waals surface area (Å²) in [5.74, 6) is 0. The number of para-hydroxylation sites is 3. The van der Waals surface area contributed by atoms with Crippen molar-refractivity contribution in [3.63, 3.8) is 0 Å². The van der Waals surface area contributed by atoms with E-state index in [2.05, 4.69) is 72.2 Å². The first kappa shape index (κ1) is 33.8. The average Bonchev–Trinajstić information content (AvgIpc) is 3.89. The molecular formula is C36H32N12. The molecule has 236 valence electrons. The summed E-state index contributed by atoms with van der Waals surface area (Å²) < 4.78 is 0. The monoisotopic (exact) mass is 632 g/mol. The van der Waals surface area contributed by atoms with Gasteiger partial charge in [-0.1, -0.05) is 60.7 Å². The summed E-state index contributed by atoms with van der Waals surface area (Å²) in [6.07, 6.45) is 22.9. The lowest BCUT2D eigenvalue weighted by Crippen LogP contribution is -1.76. The Morgan fingerprint density at radius 2 is 0.938 bits per heavy atom. The van der Waals surface area contributed by atoms with Gasteiger partial charge in [0.2, 0.25) is 0 Å². The predicted molar refractivity (Wildman–Crippen MR) is 186 cm³/mol. The molecule has 2 N–H and O–H groups in total. The van der Waals surface area contributed by atoms with Crippen LogP contribution >= 0.6 is 0 Å². The van der Waals surface area contributed by atoms with E-state index in [4.69, 9.17) is 0 Å². The Morgan fingerprint density at radius 1 is 0.396 bits per heavy atom. The van der Waals surface area contributed by atoms with Crippen LogP contribution in [0.15, 0.2) is 184 Å². The van der Waals surface area contributed by atoms with Gasteiger partial charge in [0.25, 0.3) is 0 Å². The van der Waals surface area contributed by atoms with Crippen molar-refractivity contribution in [1.29, 1.82) is 0 Å². The van der Waals surface area contributed by atoms with Crippen LogP contribution in [0.2, 0.25) is 0 Å². The number of aromatic amines is 2. The fourth-order valence-electron chi connectivity index (χ4n) is 3.65. The molecule has 6 heterocycles. The molecule has 0 saturated carbocycles. The Labute approximate surface area is 277 Å². The van der Waals surface area contributed by atoms with E-state index < -0.39 is 0 Å². The maximum Gasteiger partial charge on any atom is 0.119 e. The summed E-state index contributed by atoms with van der Waals surface area (Å²) in [7, 11) is 0. The van der Waals surface area contributed by atoms with Gasteiger partial charge in [0.15, 0.2) is 0 Å². The van der Waals surface area contributed by atoms with Gasteiger partial charge in [0, 0.05) is 55.0 Å². The second-order valence-corrected chi connectivity index (χ2v) is 9.07. The maximum atomic E-state index is 4.06. The van der Waals surface area contributed by atoms with Crippen molar-refractivity contribution in [3.05, 3.63) is 184 Å². The zero-order valence-corrected chi connectivity index (χ0v) is 25.8. The largest absolute Gasteiger partial charge is 0.345 e. The standard InChI is InChI=1S/C11H9N.2C7H6N2.2C4H4N2.C3H3N3/c1-2-4-10(5-3-1)11-6-8-12-9-7-11;1-2-4-7-6(3-1)8-5-9-7;1-2-4-7-6(3-1)5-8-9-7;1-2-6-4-3-5-1;1-2-5-4-6-3-1;1-4-2-6-3-5-1/h1-9H;2*1-5H,(H,8,9);2*1-4H;1-3H. The average molecular weight is 633 g/mol. The minimum atomic E-state index is 1.03. The highest BCUT2D eigenvalue weighted by molar-refractivity contribution is 5.77. The van der Waals surface area contributed by atoms with Crippen molar-refractivity contribution in [2.24, 2.45) is 0 Å². The molecule has 0 fully saturated rings. The van der Waals surface area contributed by atoms with E-state index >= 15 is 0 Å². The van der Waals surface area contributed by atoms with Gasteiger partial charge < -0.3 is 4.98 Å². The molecule has 0 bridgehead atoms. The van der Waals surface area contributed by atoms with Crippen LogP contribution in [-0.4, -0.2) is 60.0 Å². The van der Waals surface area contributed by atoms with Gasteiger partial charge in [-0.05, 0) is 47.5 Å². The molecule has 0 aliphatic carbocycles. The smallest absolute Gasteiger partial charge is 0.119 e. The van der Waals surface area contributed by atoms with Crippen LogP contribution in [0.4, 0.5) is 0 Å². The predicted octanol–water partition coefficient (Wildman–Crippen LogP) is 6.70. The maximum absolute atomic E-state index is 4.06. The number of benzene rings is 3. The van der Waals surface area contributed by atoms with E-state index in [9.17, 15) is 0 Å². The van der Waals surface area contributed by atoms with Crippen LogP contribution in [0.25, 0.3) is 33.1 Å². The van der Waals surface area contributed by atoms with E-state index in [1.54, 1.807) is 49.6 Å². The molecule has 0 amide bonds.